The third-order valence-electron chi connectivity index (χ3n) is 1.51. The zero-order valence-corrected chi connectivity index (χ0v) is 9.92. The van der Waals surface area contributed by atoms with Gasteiger partial charge in [0.15, 0.2) is 0 Å². The van der Waals surface area contributed by atoms with Crippen molar-refractivity contribution in [3.05, 3.63) is 0 Å². The Hall–Kier alpha value is -0.760. The van der Waals surface area contributed by atoms with Crippen LogP contribution in [-0.2, 0) is 11.3 Å². The molecule has 1 heterocycles. The Kier molecular flexibility index (Phi) is 5.48. The van der Waals surface area contributed by atoms with Gasteiger partial charge in [-0.15, -0.1) is 5.10 Å². The van der Waals surface area contributed by atoms with Crippen LogP contribution in [0.4, 0.5) is 0 Å². The van der Waals surface area contributed by atoms with Crippen molar-refractivity contribution in [2.75, 3.05) is 17.8 Å². The molecule has 0 amide bonds. The molecule has 0 unspecified atom stereocenters. The molecule has 1 N–H and O–H groups in total. The number of rotatable bonds is 7. The molecular formula is C7H12N4O2S2. The SMILES string of the molecule is CSCCCSc1nnnn1CC(=O)O. The average Bonchev–Trinajstić information content (AvgIpc) is 2.59. The summed E-state index contributed by atoms with van der Waals surface area (Å²) in [5.41, 5.74) is 0. The molecule has 0 bridgehead atoms. The van der Waals surface area contributed by atoms with E-state index in [1.165, 1.54) is 16.4 Å². The number of hydrogen-bond donors (Lipinski definition) is 1. The minimum atomic E-state index is -0.937. The summed E-state index contributed by atoms with van der Waals surface area (Å²) in [7, 11) is 0. The van der Waals surface area contributed by atoms with Gasteiger partial charge in [0.25, 0.3) is 0 Å². The predicted octanol–water partition coefficient (Wildman–Crippen LogP) is 0.603. The number of nitrogens with zero attached hydrogens (tertiary/aromatic N) is 4. The number of aliphatic carboxylic acids is 1. The predicted molar refractivity (Wildman–Crippen MR) is 59.2 cm³/mol. The smallest absolute Gasteiger partial charge is 0.325 e. The standard InChI is InChI=1S/C7H12N4O2S2/c1-14-3-2-4-15-7-8-9-10-11(7)5-6(12)13/h2-5H2,1H3,(H,12,13). The van der Waals surface area contributed by atoms with Crippen molar-refractivity contribution in [3.8, 4) is 0 Å². The van der Waals surface area contributed by atoms with Gasteiger partial charge in [0.1, 0.15) is 6.54 Å². The van der Waals surface area contributed by atoms with Crippen molar-refractivity contribution < 1.29 is 9.90 Å². The largest absolute Gasteiger partial charge is 0.480 e. The Balaban J connectivity index is 2.39. The fraction of sp³-hybridized carbons (Fsp3) is 0.714. The number of thioether (sulfide) groups is 2. The molecule has 0 saturated heterocycles. The maximum Gasteiger partial charge on any atom is 0.325 e. The fourth-order valence-corrected chi connectivity index (χ4v) is 2.33. The summed E-state index contributed by atoms with van der Waals surface area (Å²) >= 11 is 3.27. The van der Waals surface area contributed by atoms with Crippen LogP contribution >= 0.6 is 23.5 Å². The van der Waals surface area contributed by atoms with Gasteiger partial charge >= 0.3 is 5.97 Å². The molecule has 0 atom stereocenters. The average molecular weight is 248 g/mol. The highest BCUT2D eigenvalue weighted by Gasteiger charge is 2.09. The van der Waals surface area contributed by atoms with Crippen LogP contribution in [-0.4, -0.2) is 49.0 Å². The number of tetrazole rings is 1. The van der Waals surface area contributed by atoms with Crippen LogP contribution in [0.3, 0.4) is 0 Å². The molecule has 6 nitrogen and oxygen atoms in total. The maximum atomic E-state index is 10.5. The Bertz CT molecular complexity index is 318. The second-order valence-electron chi connectivity index (χ2n) is 2.71. The van der Waals surface area contributed by atoms with Crippen molar-refractivity contribution in [3.63, 3.8) is 0 Å². The fourth-order valence-electron chi connectivity index (χ4n) is 0.894. The van der Waals surface area contributed by atoms with Crippen LogP contribution in [0.5, 0.6) is 0 Å². The van der Waals surface area contributed by atoms with E-state index >= 15 is 0 Å². The Morgan fingerprint density at radius 3 is 3.00 bits per heavy atom. The molecule has 1 rings (SSSR count). The van der Waals surface area contributed by atoms with Crippen molar-refractivity contribution >= 4 is 29.5 Å². The molecule has 0 spiro atoms. The van der Waals surface area contributed by atoms with E-state index in [-0.39, 0.29) is 6.54 Å². The highest BCUT2D eigenvalue weighted by atomic mass is 32.2. The molecular weight excluding hydrogens is 236 g/mol. The van der Waals surface area contributed by atoms with Gasteiger partial charge in [-0.1, -0.05) is 11.8 Å². The number of carboxylic acid groups (broad SMARTS) is 1. The topological polar surface area (TPSA) is 80.9 Å². The van der Waals surface area contributed by atoms with Crippen LogP contribution in [0.15, 0.2) is 5.16 Å². The summed E-state index contributed by atoms with van der Waals surface area (Å²) in [6, 6.07) is 0. The molecule has 1 aromatic heterocycles. The van der Waals surface area contributed by atoms with E-state index in [9.17, 15) is 4.79 Å². The normalized spacial score (nSPS) is 10.5. The summed E-state index contributed by atoms with van der Waals surface area (Å²) in [4.78, 5) is 10.5. The minimum absolute atomic E-state index is 0.183. The van der Waals surface area contributed by atoms with E-state index in [1.807, 2.05) is 0 Å². The van der Waals surface area contributed by atoms with Crippen LogP contribution < -0.4 is 0 Å². The number of carbonyl (C=O) groups is 1. The van der Waals surface area contributed by atoms with Crippen LogP contribution in [0.25, 0.3) is 0 Å². The molecule has 8 heteroatoms. The van der Waals surface area contributed by atoms with Crippen molar-refractivity contribution in [2.24, 2.45) is 0 Å². The maximum absolute atomic E-state index is 10.5. The first-order valence-corrected chi connectivity index (χ1v) is 6.71. The monoisotopic (exact) mass is 248 g/mol. The summed E-state index contributed by atoms with van der Waals surface area (Å²) in [5, 5.41) is 20.0. The van der Waals surface area contributed by atoms with Gasteiger partial charge in [0, 0.05) is 5.75 Å². The van der Waals surface area contributed by atoms with Crippen molar-refractivity contribution in [1.29, 1.82) is 0 Å². The lowest BCUT2D eigenvalue weighted by molar-refractivity contribution is -0.138. The molecule has 0 radical (unpaired) electrons. The quantitative estimate of drug-likeness (QED) is 0.559. The first kappa shape index (κ1) is 12.3. The zero-order valence-electron chi connectivity index (χ0n) is 8.29. The second kappa shape index (κ2) is 6.67. The van der Waals surface area contributed by atoms with E-state index in [2.05, 4.69) is 21.8 Å². The molecule has 0 fully saturated rings. The first-order chi connectivity index (χ1) is 7.24. The third-order valence-corrected chi connectivity index (χ3v) is 3.25. The van der Waals surface area contributed by atoms with Gasteiger partial charge < -0.3 is 5.11 Å². The van der Waals surface area contributed by atoms with Crippen LogP contribution in [0.2, 0.25) is 0 Å². The lowest BCUT2D eigenvalue weighted by atomic mass is 10.6. The minimum Gasteiger partial charge on any atom is -0.480 e. The number of aromatic nitrogens is 4. The Labute approximate surface area is 95.8 Å². The highest BCUT2D eigenvalue weighted by molar-refractivity contribution is 7.99. The molecule has 0 aliphatic heterocycles. The summed E-state index contributed by atoms with van der Waals surface area (Å²) in [5.74, 6) is 1.06. The number of carboxylic acids is 1. The summed E-state index contributed by atoms with van der Waals surface area (Å²) < 4.78 is 1.30. The number of hydrogen-bond acceptors (Lipinski definition) is 6. The molecule has 1 aromatic rings. The van der Waals surface area contributed by atoms with Gasteiger partial charge in [-0.2, -0.15) is 11.8 Å². The summed E-state index contributed by atoms with van der Waals surface area (Å²) in [6.07, 6.45) is 3.12. The second-order valence-corrected chi connectivity index (χ2v) is 4.76. The molecule has 0 aliphatic carbocycles. The van der Waals surface area contributed by atoms with Crippen LogP contribution in [0, 0.1) is 0 Å². The van der Waals surface area contributed by atoms with Gasteiger partial charge in [0.05, 0.1) is 0 Å². The molecule has 15 heavy (non-hydrogen) atoms. The first-order valence-electron chi connectivity index (χ1n) is 4.33. The highest BCUT2D eigenvalue weighted by Crippen LogP contribution is 2.15. The van der Waals surface area contributed by atoms with E-state index in [4.69, 9.17) is 5.11 Å². The van der Waals surface area contributed by atoms with Crippen molar-refractivity contribution in [1.82, 2.24) is 20.2 Å². The molecule has 84 valence electrons. The molecule has 0 aromatic carbocycles. The Morgan fingerprint density at radius 2 is 2.33 bits per heavy atom. The molecule has 0 aliphatic rings. The molecule has 0 saturated carbocycles. The summed E-state index contributed by atoms with van der Waals surface area (Å²) in [6.45, 7) is -0.183. The van der Waals surface area contributed by atoms with E-state index < -0.39 is 5.97 Å². The zero-order chi connectivity index (χ0) is 11.1. The Morgan fingerprint density at radius 1 is 1.53 bits per heavy atom. The third kappa shape index (κ3) is 4.52. The van der Waals surface area contributed by atoms with Gasteiger partial charge in [-0.25, -0.2) is 4.68 Å². The van der Waals surface area contributed by atoms with E-state index in [0.29, 0.717) is 5.16 Å². The van der Waals surface area contributed by atoms with E-state index in [0.717, 1.165) is 17.9 Å². The van der Waals surface area contributed by atoms with E-state index in [1.54, 1.807) is 11.8 Å². The van der Waals surface area contributed by atoms with Gasteiger partial charge in [0.2, 0.25) is 5.16 Å². The lowest BCUT2D eigenvalue weighted by Gasteiger charge is -2.00. The van der Waals surface area contributed by atoms with Gasteiger partial charge in [-0.05, 0) is 28.9 Å². The van der Waals surface area contributed by atoms with Crippen LogP contribution in [0.1, 0.15) is 6.42 Å². The van der Waals surface area contributed by atoms with Gasteiger partial charge in [-0.3, -0.25) is 4.79 Å². The van der Waals surface area contributed by atoms with Crippen molar-refractivity contribution in [2.45, 2.75) is 18.1 Å². The lowest BCUT2D eigenvalue weighted by Crippen LogP contribution is -2.11.